The first-order valence-corrected chi connectivity index (χ1v) is 6.13. The van der Waals surface area contributed by atoms with Gasteiger partial charge in [-0.1, -0.05) is 6.07 Å². The van der Waals surface area contributed by atoms with Crippen LogP contribution >= 0.6 is 0 Å². The highest BCUT2D eigenvalue weighted by Gasteiger charge is 2.03. The molecule has 0 aliphatic heterocycles. The topological polar surface area (TPSA) is 24.5 Å². The van der Waals surface area contributed by atoms with E-state index in [2.05, 4.69) is 42.4 Å². The summed E-state index contributed by atoms with van der Waals surface area (Å²) in [5.74, 6) is 0. The minimum Gasteiger partial charge on any atom is -0.385 e. The van der Waals surface area contributed by atoms with E-state index < -0.39 is 0 Å². The molecule has 0 saturated carbocycles. The molecule has 17 heavy (non-hydrogen) atoms. The van der Waals surface area contributed by atoms with E-state index >= 15 is 0 Å². The third-order valence-corrected chi connectivity index (χ3v) is 2.98. The van der Waals surface area contributed by atoms with Gasteiger partial charge in [-0.25, -0.2) is 0 Å². The SMILES string of the molecule is CNCc1ccc(N(C)CCCOC)cc1C. The van der Waals surface area contributed by atoms with E-state index in [1.54, 1.807) is 7.11 Å². The molecule has 0 aliphatic rings. The number of nitrogens with one attached hydrogen (secondary N) is 1. The Kier molecular flexibility index (Phi) is 6.01. The fraction of sp³-hybridized carbons (Fsp3) is 0.571. The van der Waals surface area contributed by atoms with Gasteiger partial charge in [-0.2, -0.15) is 0 Å². The first kappa shape index (κ1) is 14.0. The van der Waals surface area contributed by atoms with Crippen LogP contribution in [0.3, 0.4) is 0 Å². The molecule has 0 amide bonds. The van der Waals surface area contributed by atoms with E-state index in [-0.39, 0.29) is 0 Å². The highest BCUT2D eigenvalue weighted by Crippen LogP contribution is 2.18. The monoisotopic (exact) mass is 236 g/mol. The molecule has 0 fully saturated rings. The maximum Gasteiger partial charge on any atom is 0.0479 e. The van der Waals surface area contributed by atoms with E-state index in [1.165, 1.54) is 16.8 Å². The first-order chi connectivity index (χ1) is 8.19. The van der Waals surface area contributed by atoms with Gasteiger partial charge in [-0.3, -0.25) is 0 Å². The minimum atomic E-state index is 0.821. The second-order valence-corrected chi connectivity index (χ2v) is 4.41. The fourth-order valence-electron chi connectivity index (χ4n) is 1.88. The molecule has 1 aromatic carbocycles. The van der Waals surface area contributed by atoms with Crippen molar-refractivity contribution in [2.75, 3.05) is 39.3 Å². The van der Waals surface area contributed by atoms with Crippen LogP contribution in [0.4, 0.5) is 5.69 Å². The zero-order valence-corrected chi connectivity index (χ0v) is 11.4. The summed E-state index contributed by atoms with van der Waals surface area (Å²) in [4.78, 5) is 2.27. The molecule has 1 N–H and O–H groups in total. The van der Waals surface area contributed by atoms with Gasteiger partial charge in [-0.05, 0) is 43.7 Å². The van der Waals surface area contributed by atoms with Crippen molar-refractivity contribution in [3.05, 3.63) is 29.3 Å². The number of hydrogen-bond donors (Lipinski definition) is 1. The molecule has 0 spiro atoms. The maximum atomic E-state index is 5.07. The van der Waals surface area contributed by atoms with Crippen molar-refractivity contribution in [3.8, 4) is 0 Å². The van der Waals surface area contributed by atoms with Gasteiger partial charge in [0.1, 0.15) is 0 Å². The summed E-state index contributed by atoms with van der Waals surface area (Å²) in [6, 6.07) is 6.64. The third kappa shape index (κ3) is 4.36. The van der Waals surface area contributed by atoms with Crippen LogP contribution in [0.15, 0.2) is 18.2 Å². The number of anilines is 1. The highest BCUT2D eigenvalue weighted by molar-refractivity contribution is 5.50. The highest BCUT2D eigenvalue weighted by atomic mass is 16.5. The Hall–Kier alpha value is -1.06. The molecule has 0 aliphatic carbocycles. The van der Waals surface area contributed by atoms with E-state index in [1.807, 2.05) is 7.05 Å². The predicted molar refractivity (Wildman–Crippen MR) is 73.7 cm³/mol. The molecule has 3 heteroatoms. The van der Waals surface area contributed by atoms with Crippen LogP contribution in [0.25, 0.3) is 0 Å². The Bertz CT molecular complexity index is 339. The summed E-state index contributed by atoms with van der Waals surface area (Å²) in [5.41, 5.74) is 3.98. The Labute approximate surface area is 105 Å². The maximum absolute atomic E-state index is 5.07. The lowest BCUT2D eigenvalue weighted by molar-refractivity contribution is 0.196. The number of nitrogens with zero attached hydrogens (tertiary/aromatic N) is 1. The molecular weight excluding hydrogens is 212 g/mol. The normalized spacial score (nSPS) is 10.6. The second kappa shape index (κ2) is 7.30. The summed E-state index contributed by atoms with van der Waals surface area (Å²) in [6.45, 7) is 4.94. The molecular formula is C14H24N2O. The van der Waals surface area contributed by atoms with Gasteiger partial charge in [0.05, 0.1) is 0 Å². The lowest BCUT2D eigenvalue weighted by Crippen LogP contribution is -2.20. The summed E-state index contributed by atoms with van der Waals surface area (Å²) < 4.78 is 5.07. The van der Waals surface area contributed by atoms with Crippen LogP contribution in [-0.2, 0) is 11.3 Å². The van der Waals surface area contributed by atoms with Crippen molar-refractivity contribution in [2.24, 2.45) is 0 Å². The predicted octanol–water partition coefficient (Wildman–Crippen LogP) is 2.19. The molecule has 3 nitrogen and oxygen atoms in total. The Morgan fingerprint density at radius 3 is 2.71 bits per heavy atom. The second-order valence-electron chi connectivity index (χ2n) is 4.41. The van der Waals surface area contributed by atoms with Crippen LogP contribution in [0.5, 0.6) is 0 Å². The molecule has 0 atom stereocenters. The van der Waals surface area contributed by atoms with E-state index in [4.69, 9.17) is 4.74 Å². The summed E-state index contributed by atoms with van der Waals surface area (Å²) in [5, 5.41) is 3.19. The fourth-order valence-corrected chi connectivity index (χ4v) is 1.88. The number of aryl methyl sites for hydroxylation is 1. The van der Waals surface area contributed by atoms with E-state index in [9.17, 15) is 0 Å². The van der Waals surface area contributed by atoms with Crippen LogP contribution in [0.1, 0.15) is 17.5 Å². The summed E-state index contributed by atoms with van der Waals surface area (Å²) in [6.07, 6.45) is 1.06. The van der Waals surface area contributed by atoms with Crippen molar-refractivity contribution in [1.29, 1.82) is 0 Å². The molecule has 0 bridgehead atoms. The molecule has 0 radical (unpaired) electrons. The zero-order chi connectivity index (χ0) is 12.7. The first-order valence-electron chi connectivity index (χ1n) is 6.13. The van der Waals surface area contributed by atoms with Crippen LogP contribution in [0, 0.1) is 6.92 Å². The van der Waals surface area contributed by atoms with Gasteiger partial charge in [0.15, 0.2) is 0 Å². The lowest BCUT2D eigenvalue weighted by Gasteiger charge is -2.20. The zero-order valence-electron chi connectivity index (χ0n) is 11.4. The Morgan fingerprint density at radius 1 is 1.35 bits per heavy atom. The smallest absolute Gasteiger partial charge is 0.0479 e. The Morgan fingerprint density at radius 2 is 2.12 bits per heavy atom. The van der Waals surface area contributed by atoms with Gasteiger partial charge in [0.25, 0.3) is 0 Å². The standard InChI is InChI=1S/C14H24N2O/c1-12-10-14(7-6-13(12)11-15-2)16(3)8-5-9-17-4/h6-7,10,15H,5,8-9,11H2,1-4H3. The van der Waals surface area contributed by atoms with E-state index in [0.717, 1.165) is 26.1 Å². The van der Waals surface area contributed by atoms with Gasteiger partial charge < -0.3 is 15.0 Å². The molecule has 0 aromatic heterocycles. The third-order valence-electron chi connectivity index (χ3n) is 2.98. The number of benzene rings is 1. The average Bonchev–Trinajstić information content (AvgIpc) is 2.32. The summed E-state index contributed by atoms with van der Waals surface area (Å²) >= 11 is 0. The van der Waals surface area contributed by atoms with Gasteiger partial charge in [-0.15, -0.1) is 0 Å². The van der Waals surface area contributed by atoms with Crippen LogP contribution in [0.2, 0.25) is 0 Å². The van der Waals surface area contributed by atoms with Crippen LogP contribution < -0.4 is 10.2 Å². The van der Waals surface area contributed by atoms with Crippen molar-refractivity contribution >= 4 is 5.69 Å². The number of rotatable bonds is 7. The lowest BCUT2D eigenvalue weighted by atomic mass is 10.1. The van der Waals surface area contributed by atoms with Crippen molar-refractivity contribution < 1.29 is 4.74 Å². The van der Waals surface area contributed by atoms with Gasteiger partial charge in [0, 0.05) is 39.5 Å². The quantitative estimate of drug-likeness (QED) is 0.734. The number of hydrogen-bond acceptors (Lipinski definition) is 3. The molecule has 0 heterocycles. The molecule has 96 valence electrons. The Balaban J connectivity index is 2.62. The number of ether oxygens (including phenoxy) is 1. The largest absolute Gasteiger partial charge is 0.385 e. The van der Waals surface area contributed by atoms with E-state index in [0.29, 0.717) is 0 Å². The molecule has 1 aromatic rings. The number of methoxy groups -OCH3 is 1. The summed E-state index contributed by atoms with van der Waals surface area (Å²) in [7, 11) is 5.85. The minimum absolute atomic E-state index is 0.821. The van der Waals surface area contributed by atoms with Gasteiger partial charge >= 0.3 is 0 Å². The van der Waals surface area contributed by atoms with Crippen molar-refractivity contribution in [2.45, 2.75) is 19.9 Å². The molecule has 0 saturated heterocycles. The van der Waals surface area contributed by atoms with Gasteiger partial charge in [0.2, 0.25) is 0 Å². The molecule has 1 rings (SSSR count). The van der Waals surface area contributed by atoms with Crippen molar-refractivity contribution in [1.82, 2.24) is 5.32 Å². The van der Waals surface area contributed by atoms with Crippen molar-refractivity contribution in [3.63, 3.8) is 0 Å². The van der Waals surface area contributed by atoms with Crippen LogP contribution in [-0.4, -0.2) is 34.4 Å². The average molecular weight is 236 g/mol. The molecule has 0 unspecified atom stereocenters.